The van der Waals surface area contributed by atoms with Crippen LogP contribution >= 0.6 is 11.6 Å². The second-order valence-electron chi connectivity index (χ2n) is 6.04. The fourth-order valence-corrected chi connectivity index (χ4v) is 3.44. The minimum atomic E-state index is -0.456. The number of fused-ring (bicyclic) bond motifs is 2. The van der Waals surface area contributed by atoms with Gasteiger partial charge in [-0.2, -0.15) is 5.10 Å². The van der Waals surface area contributed by atoms with Crippen molar-refractivity contribution in [3.05, 3.63) is 29.7 Å². The molecule has 4 aromatic heterocycles. The maximum absolute atomic E-state index is 6.61. The topological polar surface area (TPSA) is 117 Å². The summed E-state index contributed by atoms with van der Waals surface area (Å²) in [5.74, 6) is 0.318. The Morgan fingerprint density at radius 3 is 2.71 bits per heavy atom. The average molecular weight is 402 g/mol. The molecule has 0 aliphatic rings. The van der Waals surface area contributed by atoms with Crippen LogP contribution in [0.2, 0.25) is 5.02 Å². The number of anilines is 1. The van der Waals surface area contributed by atoms with Gasteiger partial charge in [-0.25, -0.2) is 19.6 Å². The molecule has 4 rings (SSSR count). The zero-order chi connectivity index (χ0) is 19.7. The lowest BCUT2D eigenvalue weighted by atomic mass is 10.2. The van der Waals surface area contributed by atoms with Crippen LogP contribution in [0.5, 0.6) is 0 Å². The van der Waals surface area contributed by atoms with E-state index in [1.807, 2.05) is 26.0 Å². The van der Waals surface area contributed by atoms with Gasteiger partial charge < -0.3 is 20.2 Å². The van der Waals surface area contributed by atoms with Gasteiger partial charge in [0, 0.05) is 24.8 Å². The van der Waals surface area contributed by atoms with Gasteiger partial charge in [0.2, 0.25) is 0 Å². The van der Waals surface area contributed by atoms with E-state index in [1.165, 1.54) is 6.33 Å². The number of nitrogen functional groups attached to an aromatic ring is 1. The Bertz CT molecular complexity index is 1120. The highest BCUT2D eigenvalue weighted by Gasteiger charge is 2.23. The second-order valence-corrected chi connectivity index (χ2v) is 6.42. The molecule has 0 saturated heterocycles. The Kier molecular flexibility index (Phi) is 5.12. The Balaban J connectivity index is 1.88. The summed E-state index contributed by atoms with van der Waals surface area (Å²) < 4.78 is 13.0. The maximum atomic E-state index is 6.61. The molecule has 4 heterocycles. The van der Waals surface area contributed by atoms with E-state index >= 15 is 0 Å². The van der Waals surface area contributed by atoms with Crippen LogP contribution in [0.3, 0.4) is 0 Å². The summed E-state index contributed by atoms with van der Waals surface area (Å²) in [5.41, 5.74) is 8.58. The minimum absolute atomic E-state index is 0.318. The SMILES string of the molecule is CCOC(Cn1nc(-c2[nH]c3ncccc3c2Cl)c2c(N)ncnc21)OCC. The number of rotatable bonds is 7. The van der Waals surface area contributed by atoms with Gasteiger partial charge in [0.05, 0.1) is 22.6 Å². The third-order valence-electron chi connectivity index (χ3n) is 4.33. The number of aromatic nitrogens is 6. The molecule has 0 fully saturated rings. The number of hydrogen-bond acceptors (Lipinski definition) is 7. The summed E-state index contributed by atoms with van der Waals surface area (Å²) in [6.07, 6.45) is 2.65. The molecule has 146 valence electrons. The third-order valence-corrected chi connectivity index (χ3v) is 4.72. The number of halogens is 1. The van der Waals surface area contributed by atoms with Crippen LogP contribution in [-0.2, 0) is 16.0 Å². The van der Waals surface area contributed by atoms with Crippen molar-refractivity contribution in [2.24, 2.45) is 0 Å². The van der Waals surface area contributed by atoms with Gasteiger partial charge in [0.25, 0.3) is 0 Å². The summed E-state index contributed by atoms with van der Waals surface area (Å²) in [6.45, 7) is 5.22. The highest BCUT2D eigenvalue weighted by atomic mass is 35.5. The first-order valence-corrected chi connectivity index (χ1v) is 9.34. The first-order valence-electron chi connectivity index (χ1n) is 8.96. The van der Waals surface area contributed by atoms with Gasteiger partial charge in [-0.05, 0) is 26.0 Å². The highest BCUT2D eigenvalue weighted by Crippen LogP contribution is 2.37. The van der Waals surface area contributed by atoms with Crippen LogP contribution in [0.1, 0.15) is 13.8 Å². The molecule has 0 spiro atoms. The molecule has 0 saturated carbocycles. The molecule has 9 nitrogen and oxygen atoms in total. The normalized spacial score (nSPS) is 11.9. The molecule has 0 aromatic carbocycles. The van der Waals surface area contributed by atoms with Crippen molar-refractivity contribution in [2.75, 3.05) is 18.9 Å². The van der Waals surface area contributed by atoms with Crippen molar-refractivity contribution in [1.29, 1.82) is 0 Å². The van der Waals surface area contributed by atoms with E-state index < -0.39 is 6.29 Å². The molecule has 0 atom stereocenters. The van der Waals surface area contributed by atoms with E-state index in [0.29, 0.717) is 58.7 Å². The lowest BCUT2D eigenvalue weighted by Crippen LogP contribution is -2.24. The van der Waals surface area contributed by atoms with Crippen molar-refractivity contribution in [3.8, 4) is 11.4 Å². The summed E-state index contributed by atoms with van der Waals surface area (Å²) in [6, 6.07) is 3.72. The molecule has 28 heavy (non-hydrogen) atoms. The predicted octanol–water partition coefficient (Wildman–Crippen LogP) is 3.00. The Morgan fingerprint density at radius 1 is 1.21 bits per heavy atom. The lowest BCUT2D eigenvalue weighted by molar-refractivity contribution is -0.144. The summed E-state index contributed by atoms with van der Waals surface area (Å²) >= 11 is 6.61. The van der Waals surface area contributed by atoms with Gasteiger partial charge in [-0.3, -0.25) is 0 Å². The van der Waals surface area contributed by atoms with Crippen LogP contribution in [0.4, 0.5) is 5.82 Å². The zero-order valence-corrected chi connectivity index (χ0v) is 16.3. The van der Waals surface area contributed by atoms with E-state index in [0.717, 1.165) is 5.39 Å². The number of hydrogen-bond donors (Lipinski definition) is 2. The molecule has 0 aliphatic carbocycles. The number of nitrogens with two attached hydrogens (primary N) is 1. The van der Waals surface area contributed by atoms with Gasteiger partial charge in [0.15, 0.2) is 11.9 Å². The Morgan fingerprint density at radius 2 is 2.00 bits per heavy atom. The van der Waals surface area contributed by atoms with Crippen LogP contribution in [0.25, 0.3) is 33.5 Å². The molecular weight excluding hydrogens is 382 g/mol. The fourth-order valence-electron chi connectivity index (χ4n) is 3.15. The van der Waals surface area contributed by atoms with Gasteiger partial charge in [0.1, 0.15) is 23.5 Å². The number of ether oxygens (including phenoxy) is 2. The number of H-pyrrole nitrogens is 1. The van der Waals surface area contributed by atoms with Gasteiger partial charge in [-0.15, -0.1) is 0 Å². The molecule has 0 radical (unpaired) electrons. The molecule has 0 aliphatic heterocycles. The monoisotopic (exact) mass is 401 g/mol. The van der Waals surface area contributed by atoms with Gasteiger partial charge >= 0.3 is 0 Å². The van der Waals surface area contributed by atoms with Gasteiger partial charge in [-0.1, -0.05) is 11.6 Å². The van der Waals surface area contributed by atoms with Crippen molar-refractivity contribution in [1.82, 2.24) is 29.7 Å². The fraction of sp³-hybridized carbons (Fsp3) is 0.333. The summed E-state index contributed by atoms with van der Waals surface area (Å²) in [5, 5.41) is 6.65. The molecule has 0 bridgehead atoms. The molecule has 10 heteroatoms. The van der Waals surface area contributed by atoms with Crippen molar-refractivity contribution in [2.45, 2.75) is 26.7 Å². The number of nitrogens with zero attached hydrogens (tertiary/aromatic N) is 5. The Labute approximate surface area is 165 Å². The quantitative estimate of drug-likeness (QED) is 0.457. The zero-order valence-electron chi connectivity index (χ0n) is 15.5. The van der Waals surface area contributed by atoms with E-state index in [2.05, 4.69) is 19.9 Å². The van der Waals surface area contributed by atoms with Crippen molar-refractivity contribution < 1.29 is 9.47 Å². The molecular formula is C18H20ClN7O2. The van der Waals surface area contributed by atoms with Crippen molar-refractivity contribution in [3.63, 3.8) is 0 Å². The Hall–Kier alpha value is -2.75. The number of nitrogens with one attached hydrogen (secondary N) is 1. The average Bonchev–Trinajstić information content (AvgIpc) is 3.22. The minimum Gasteiger partial charge on any atom is -0.383 e. The largest absolute Gasteiger partial charge is 0.383 e. The summed E-state index contributed by atoms with van der Waals surface area (Å²) in [4.78, 5) is 16.0. The standard InChI is InChI=1S/C18H20ClN7O2/c1-3-27-11(28-4-2)8-26-18-12(16(20)22-9-23-18)14(25-26)15-13(19)10-6-5-7-21-17(10)24-15/h5-7,9,11H,3-4,8H2,1-2H3,(H,21,24)(H2,20,22,23). The highest BCUT2D eigenvalue weighted by molar-refractivity contribution is 6.38. The van der Waals surface area contributed by atoms with E-state index in [-0.39, 0.29) is 0 Å². The van der Waals surface area contributed by atoms with Crippen molar-refractivity contribution >= 4 is 39.5 Å². The first-order chi connectivity index (χ1) is 13.6. The van der Waals surface area contributed by atoms with Crippen LogP contribution in [-0.4, -0.2) is 49.2 Å². The van der Waals surface area contributed by atoms with E-state index in [9.17, 15) is 0 Å². The maximum Gasteiger partial charge on any atom is 0.177 e. The second kappa shape index (κ2) is 7.70. The molecule has 0 amide bonds. The number of aromatic amines is 1. The van der Waals surface area contributed by atoms with Crippen LogP contribution < -0.4 is 5.73 Å². The summed E-state index contributed by atoms with van der Waals surface area (Å²) in [7, 11) is 0. The molecule has 0 unspecified atom stereocenters. The van der Waals surface area contributed by atoms with Crippen LogP contribution in [0.15, 0.2) is 24.7 Å². The van der Waals surface area contributed by atoms with E-state index in [4.69, 9.17) is 31.9 Å². The lowest BCUT2D eigenvalue weighted by Gasteiger charge is -2.16. The van der Waals surface area contributed by atoms with Crippen LogP contribution in [0, 0.1) is 0 Å². The third kappa shape index (κ3) is 3.17. The molecule has 4 aromatic rings. The number of pyridine rings is 1. The smallest absolute Gasteiger partial charge is 0.177 e. The predicted molar refractivity (Wildman–Crippen MR) is 107 cm³/mol. The first kappa shape index (κ1) is 18.6. The van der Waals surface area contributed by atoms with E-state index in [1.54, 1.807) is 10.9 Å². The molecule has 3 N–H and O–H groups in total.